The van der Waals surface area contributed by atoms with Gasteiger partial charge in [0.05, 0.1) is 12.6 Å². The number of aliphatic hydroxyl groups excluding tert-OH is 1. The van der Waals surface area contributed by atoms with E-state index in [1.807, 2.05) is 0 Å². The van der Waals surface area contributed by atoms with Crippen LogP contribution in [0.3, 0.4) is 0 Å². The van der Waals surface area contributed by atoms with Crippen molar-refractivity contribution in [1.82, 2.24) is 10.2 Å². The quantitative estimate of drug-likeness (QED) is 0.814. The molecule has 4 atom stereocenters. The number of hydrogen-bond acceptors (Lipinski definition) is 4. The number of ether oxygens (including phenoxy) is 1. The van der Waals surface area contributed by atoms with Crippen molar-refractivity contribution in [3.05, 3.63) is 0 Å². The molecule has 2 rings (SSSR count). The van der Waals surface area contributed by atoms with Gasteiger partial charge >= 0.3 is 6.09 Å². The maximum atomic E-state index is 12.6. The first kappa shape index (κ1) is 18.0. The summed E-state index contributed by atoms with van der Waals surface area (Å²) >= 11 is 0. The summed E-state index contributed by atoms with van der Waals surface area (Å²) in [4.78, 5) is 26.3. The number of β-amino-alcohol motifs (C(OH)–C–C–N with tert-alkyl or cyclic N) is 1. The molecule has 1 heterocycles. The molecule has 2 N–H and O–H groups in total. The Labute approximate surface area is 138 Å². The number of carbonyl (C=O) groups is 2. The molecule has 0 aromatic heterocycles. The van der Waals surface area contributed by atoms with Crippen molar-refractivity contribution in [1.29, 1.82) is 0 Å². The van der Waals surface area contributed by atoms with Gasteiger partial charge in [-0.05, 0) is 39.5 Å². The van der Waals surface area contributed by atoms with Crippen LogP contribution in [0, 0.1) is 5.92 Å². The van der Waals surface area contributed by atoms with Crippen LogP contribution in [0.4, 0.5) is 4.79 Å². The van der Waals surface area contributed by atoms with Gasteiger partial charge < -0.3 is 15.2 Å². The highest BCUT2D eigenvalue weighted by atomic mass is 16.6. The Hall–Kier alpha value is -1.30. The number of rotatable bonds is 2. The second-order valence-corrected chi connectivity index (χ2v) is 7.91. The van der Waals surface area contributed by atoms with Crippen molar-refractivity contribution < 1.29 is 19.4 Å². The van der Waals surface area contributed by atoms with E-state index in [-0.39, 0.29) is 24.9 Å². The van der Waals surface area contributed by atoms with E-state index in [2.05, 4.69) is 12.2 Å². The van der Waals surface area contributed by atoms with Crippen LogP contribution in [0.15, 0.2) is 0 Å². The number of aliphatic hydroxyl groups is 1. The molecule has 132 valence electrons. The first-order valence-electron chi connectivity index (χ1n) is 8.65. The van der Waals surface area contributed by atoms with Crippen molar-refractivity contribution in [2.45, 2.75) is 83.6 Å². The third kappa shape index (κ3) is 4.83. The SMILES string of the molecule is CC1CCCCC1NC(=O)[C@@H]1CC(O)CN1C(=O)OC(C)(C)C. The Bertz CT molecular complexity index is 446. The lowest BCUT2D eigenvalue weighted by Crippen LogP contribution is -2.51. The molecule has 1 saturated heterocycles. The zero-order valence-electron chi connectivity index (χ0n) is 14.7. The summed E-state index contributed by atoms with van der Waals surface area (Å²) in [7, 11) is 0. The fourth-order valence-corrected chi connectivity index (χ4v) is 3.39. The molecule has 0 spiro atoms. The van der Waals surface area contributed by atoms with Gasteiger partial charge in [-0.3, -0.25) is 9.69 Å². The zero-order chi connectivity index (χ0) is 17.2. The van der Waals surface area contributed by atoms with Crippen LogP contribution in [-0.4, -0.2) is 52.3 Å². The standard InChI is InChI=1S/C17H30N2O4/c1-11-7-5-6-8-13(11)18-15(21)14-9-12(20)10-19(14)16(22)23-17(2,3)4/h11-14,20H,5-10H2,1-4H3,(H,18,21)/t11?,12?,13?,14-/m0/s1. The normalized spacial score (nSPS) is 31.8. The molecule has 1 aliphatic heterocycles. The molecule has 1 saturated carbocycles. The van der Waals surface area contributed by atoms with Gasteiger partial charge in [0.2, 0.25) is 5.91 Å². The van der Waals surface area contributed by atoms with Gasteiger partial charge in [-0.15, -0.1) is 0 Å². The minimum absolute atomic E-state index is 0.146. The van der Waals surface area contributed by atoms with Gasteiger partial charge in [-0.25, -0.2) is 4.79 Å². The molecule has 2 amide bonds. The highest BCUT2D eigenvalue weighted by molar-refractivity contribution is 5.86. The second kappa shape index (κ2) is 7.07. The number of carbonyl (C=O) groups excluding carboxylic acids is 2. The molecule has 0 aromatic carbocycles. The van der Waals surface area contributed by atoms with Crippen LogP contribution >= 0.6 is 0 Å². The van der Waals surface area contributed by atoms with Crippen LogP contribution in [0.25, 0.3) is 0 Å². The molecule has 23 heavy (non-hydrogen) atoms. The first-order valence-corrected chi connectivity index (χ1v) is 8.65. The maximum absolute atomic E-state index is 12.6. The van der Waals surface area contributed by atoms with Crippen LogP contribution < -0.4 is 5.32 Å². The van der Waals surface area contributed by atoms with Crippen molar-refractivity contribution in [2.75, 3.05) is 6.54 Å². The van der Waals surface area contributed by atoms with Gasteiger partial charge in [0.15, 0.2) is 0 Å². The van der Waals surface area contributed by atoms with E-state index in [4.69, 9.17) is 4.74 Å². The van der Waals surface area contributed by atoms with Crippen molar-refractivity contribution in [3.8, 4) is 0 Å². The Morgan fingerprint density at radius 2 is 1.87 bits per heavy atom. The van der Waals surface area contributed by atoms with Crippen molar-refractivity contribution in [3.63, 3.8) is 0 Å². The van der Waals surface area contributed by atoms with Crippen LogP contribution in [0.5, 0.6) is 0 Å². The van der Waals surface area contributed by atoms with E-state index in [1.165, 1.54) is 11.3 Å². The molecule has 1 aliphatic carbocycles. The molecule has 6 nitrogen and oxygen atoms in total. The number of hydrogen-bond donors (Lipinski definition) is 2. The molecule has 2 aliphatic rings. The van der Waals surface area contributed by atoms with Gasteiger partial charge in [0.1, 0.15) is 11.6 Å². The fraction of sp³-hybridized carbons (Fsp3) is 0.882. The van der Waals surface area contributed by atoms with Crippen LogP contribution in [-0.2, 0) is 9.53 Å². The average Bonchev–Trinajstić information content (AvgIpc) is 2.82. The summed E-state index contributed by atoms with van der Waals surface area (Å²) in [5.74, 6) is 0.278. The van der Waals surface area contributed by atoms with Crippen molar-refractivity contribution >= 4 is 12.0 Å². The van der Waals surface area contributed by atoms with Gasteiger partial charge in [-0.1, -0.05) is 19.8 Å². The lowest BCUT2D eigenvalue weighted by molar-refractivity contribution is -0.126. The topological polar surface area (TPSA) is 78.9 Å². The van der Waals surface area contributed by atoms with E-state index in [9.17, 15) is 14.7 Å². The van der Waals surface area contributed by atoms with Crippen LogP contribution in [0.2, 0.25) is 0 Å². The zero-order valence-corrected chi connectivity index (χ0v) is 14.7. The number of nitrogens with zero attached hydrogens (tertiary/aromatic N) is 1. The molecule has 3 unspecified atom stereocenters. The minimum atomic E-state index is -0.679. The molecule has 0 radical (unpaired) electrons. The summed E-state index contributed by atoms with van der Waals surface area (Å²) in [6, 6.07) is -0.483. The molecule has 6 heteroatoms. The molecular weight excluding hydrogens is 296 g/mol. The Kier molecular flexibility index (Phi) is 5.55. The van der Waals surface area contributed by atoms with E-state index in [0.29, 0.717) is 5.92 Å². The lowest BCUT2D eigenvalue weighted by Gasteiger charge is -2.32. The van der Waals surface area contributed by atoms with Gasteiger partial charge in [-0.2, -0.15) is 0 Å². The van der Waals surface area contributed by atoms with E-state index in [1.54, 1.807) is 20.8 Å². The molecule has 2 fully saturated rings. The fourth-order valence-electron chi connectivity index (χ4n) is 3.39. The highest BCUT2D eigenvalue weighted by Crippen LogP contribution is 2.26. The molecular formula is C17H30N2O4. The summed E-state index contributed by atoms with van der Waals surface area (Å²) < 4.78 is 5.36. The minimum Gasteiger partial charge on any atom is -0.444 e. The highest BCUT2D eigenvalue weighted by Gasteiger charge is 2.41. The summed E-state index contributed by atoms with van der Waals surface area (Å²) in [5, 5.41) is 13.0. The van der Waals surface area contributed by atoms with Crippen LogP contribution in [0.1, 0.15) is 59.8 Å². The molecule has 0 bridgehead atoms. The third-order valence-corrected chi connectivity index (χ3v) is 4.65. The van der Waals surface area contributed by atoms with Gasteiger partial charge in [0.25, 0.3) is 0 Å². The first-order chi connectivity index (χ1) is 10.7. The van der Waals surface area contributed by atoms with E-state index in [0.717, 1.165) is 19.3 Å². The average molecular weight is 326 g/mol. The Morgan fingerprint density at radius 3 is 2.48 bits per heavy atom. The third-order valence-electron chi connectivity index (χ3n) is 4.65. The number of likely N-dealkylation sites (tertiary alicyclic amines) is 1. The summed E-state index contributed by atoms with van der Waals surface area (Å²) in [5.41, 5.74) is -0.621. The Morgan fingerprint density at radius 1 is 1.22 bits per heavy atom. The second-order valence-electron chi connectivity index (χ2n) is 7.91. The Balaban J connectivity index is 2.00. The maximum Gasteiger partial charge on any atom is 0.411 e. The number of nitrogens with one attached hydrogen (secondary N) is 1. The van der Waals surface area contributed by atoms with Gasteiger partial charge in [0, 0.05) is 12.5 Å². The smallest absolute Gasteiger partial charge is 0.411 e. The van der Waals surface area contributed by atoms with E-state index >= 15 is 0 Å². The predicted octanol–water partition coefficient (Wildman–Crippen LogP) is 2.05. The predicted molar refractivity (Wildman–Crippen MR) is 86.9 cm³/mol. The number of amides is 2. The molecule has 0 aromatic rings. The van der Waals surface area contributed by atoms with Crippen molar-refractivity contribution in [2.24, 2.45) is 5.92 Å². The lowest BCUT2D eigenvalue weighted by atomic mass is 9.86. The monoisotopic (exact) mass is 326 g/mol. The summed E-state index contributed by atoms with van der Waals surface area (Å²) in [6.45, 7) is 7.66. The summed E-state index contributed by atoms with van der Waals surface area (Å²) in [6.07, 6.45) is 3.49. The van der Waals surface area contributed by atoms with E-state index < -0.39 is 23.8 Å². The largest absolute Gasteiger partial charge is 0.444 e.